The molecule has 1 aromatic carbocycles. The molecule has 1 fully saturated rings. The molecular formula is C19H24N4O2. The van der Waals surface area contributed by atoms with Gasteiger partial charge in [-0.2, -0.15) is 0 Å². The Morgan fingerprint density at radius 2 is 2.04 bits per heavy atom. The van der Waals surface area contributed by atoms with E-state index < -0.39 is 6.10 Å². The summed E-state index contributed by atoms with van der Waals surface area (Å²) in [6, 6.07) is 8.06. The van der Waals surface area contributed by atoms with Gasteiger partial charge in [0.1, 0.15) is 24.5 Å². The standard InChI is InChI=1S/C19H24N4O2/c24-15(11-23-7-3-4-8-23)10-20-19-16-9-14-5-1-2-6-18(14)25-12-17(16)21-13-22-19/h1-2,5-6,13,15,24H,3-4,7-12H2,(H,20,21,22)/t15-/m1/s1. The molecule has 0 aliphatic carbocycles. The zero-order valence-corrected chi connectivity index (χ0v) is 14.3. The molecule has 0 unspecified atom stereocenters. The Balaban J connectivity index is 1.46. The van der Waals surface area contributed by atoms with Gasteiger partial charge in [-0.05, 0) is 37.6 Å². The predicted octanol–water partition coefficient (Wildman–Crippen LogP) is 1.83. The number of ether oxygens (including phenoxy) is 1. The van der Waals surface area contributed by atoms with Crippen LogP contribution >= 0.6 is 0 Å². The maximum absolute atomic E-state index is 10.3. The van der Waals surface area contributed by atoms with E-state index in [1.165, 1.54) is 12.8 Å². The van der Waals surface area contributed by atoms with Crippen molar-refractivity contribution in [1.82, 2.24) is 14.9 Å². The quantitative estimate of drug-likeness (QED) is 0.865. The molecule has 0 bridgehead atoms. The van der Waals surface area contributed by atoms with Gasteiger partial charge < -0.3 is 20.1 Å². The van der Waals surface area contributed by atoms with Crippen molar-refractivity contribution < 1.29 is 9.84 Å². The topological polar surface area (TPSA) is 70.5 Å². The predicted molar refractivity (Wildman–Crippen MR) is 95.8 cm³/mol. The highest BCUT2D eigenvalue weighted by Gasteiger charge is 2.20. The zero-order chi connectivity index (χ0) is 17.1. The Morgan fingerprint density at radius 3 is 2.92 bits per heavy atom. The van der Waals surface area contributed by atoms with Crippen molar-refractivity contribution in [3.63, 3.8) is 0 Å². The fraction of sp³-hybridized carbons (Fsp3) is 0.474. The van der Waals surface area contributed by atoms with E-state index in [4.69, 9.17) is 4.74 Å². The molecule has 132 valence electrons. The first kappa shape index (κ1) is 16.3. The Morgan fingerprint density at radius 1 is 1.20 bits per heavy atom. The number of hydrogen-bond donors (Lipinski definition) is 2. The molecule has 2 aliphatic rings. The molecule has 6 heteroatoms. The van der Waals surface area contributed by atoms with E-state index >= 15 is 0 Å². The second kappa shape index (κ2) is 7.37. The second-order valence-corrected chi connectivity index (χ2v) is 6.76. The van der Waals surface area contributed by atoms with Gasteiger partial charge in [0, 0.05) is 25.1 Å². The minimum Gasteiger partial charge on any atom is -0.487 e. The average Bonchev–Trinajstić information content (AvgIpc) is 3.05. The number of aliphatic hydroxyl groups excluding tert-OH is 1. The van der Waals surface area contributed by atoms with Crippen molar-refractivity contribution in [3.05, 3.63) is 47.4 Å². The van der Waals surface area contributed by atoms with Crippen LogP contribution in [-0.4, -0.2) is 52.3 Å². The lowest BCUT2D eigenvalue weighted by atomic mass is 10.0. The van der Waals surface area contributed by atoms with Crippen LogP contribution in [0.25, 0.3) is 0 Å². The van der Waals surface area contributed by atoms with Crippen molar-refractivity contribution >= 4 is 5.82 Å². The highest BCUT2D eigenvalue weighted by atomic mass is 16.5. The van der Waals surface area contributed by atoms with Crippen LogP contribution in [0.3, 0.4) is 0 Å². The largest absolute Gasteiger partial charge is 0.487 e. The average molecular weight is 340 g/mol. The molecule has 1 aromatic heterocycles. The molecule has 6 nitrogen and oxygen atoms in total. The molecule has 0 amide bonds. The van der Waals surface area contributed by atoms with Crippen LogP contribution in [-0.2, 0) is 13.0 Å². The van der Waals surface area contributed by atoms with E-state index in [1.807, 2.05) is 18.2 Å². The molecule has 3 heterocycles. The second-order valence-electron chi connectivity index (χ2n) is 6.76. The number of β-amino-alcohol motifs (C(OH)–C–C–N with tert-alkyl or cyclic N) is 1. The highest BCUT2D eigenvalue weighted by Crippen LogP contribution is 2.30. The molecule has 1 atom stereocenters. The fourth-order valence-corrected chi connectivity index (χ4v) is 3.58. The molecule has 0 radical (unpaired) electrons. The number of hydrogen-bond acceptors (Lipinski definition) is 6. The smallest absolute Gasteiger partial charge is 0.133 e. The monoisotopic (exact) mass is 340 g/mol. The minimum atomic E-state index is -0.405. The summed E-state index contributed by atoms with van der Waals surface area (Å²) in [5.41, 5.74) is 3.10. The third-order valence-electron chi connectivity index (χ3n) is 4.91. The zero-order valence-electron chi connectivity index (χ0n) is 14.3. The van der Waals surface area contributed by atoms with Gasteiger partial charge in [-0.25, -0.2) is 9.97 Å². The van der Waals surface area contributed by atoms with Crippen LogP contribution in [0.4, 0.5) is 5.82 Å². The van der Waals surface area contributed by atoms with Gasteiger partial charge in [-0.1, -0.05) is 18.2 Å². The fourth-order valence-electron chi connectivity index (χ4n) is 3.58. The summed E-state index contributed by atoms with van der Waals surface area (Å²) in [5, 5.41) is 13.6. The van der Waals surface area contributed by atoms with E-state index in [9.17, 15) is 5.11 Å². The number of fused-ring (bicyclic) bond motifs is 2. The molecule has 2 aromatic rings. The molecule has 2 N–H and O–H groups in total. The SMILES string of the molecule is O[C@H](CNc1ncnc2c1Cc1ccccc1OC2)CN1CCCC1. The molecule has 25 heavy (non-hydrogen) atoms. The number of anilines is 1. The summed E-state index contributed by atoms with van der Waals surface area (Å²) < 4.78 is 5.87. The number of nitrogens with zero attached hydrogens (tertiary/aromatic N) is 3. The van der Waals surface area contributed by atoms with Crippen molar-refractivity contribution in [2.24, 2.45) is 0 Å². The Kier molecular flexibility index (Phi) is 4.81. The van der Waals surface area contributed by atoms with Crippen LogP contribution in [0.2, 0.25) is 0 Å². The maximum atomic E-state index is 10.3. The van der Waals surface area contributed by atoms with E-state index in [1.54, 1.807) is 6.33 Å². The van der Waals surface area contributed by atoms with Crippen LogP contribution in [0.15, 0.2) is 30.6 Å². The third-order valence-corrected chi connectivity index (χ3v) is 4.91. The third kappa shape index (κ3) is 3.75. The van der Waals surface area contributed by atoms with Gasteiger partial charge >= 0.3 is 0 Å². The van der Waals surface area contributed by atoms with Crippen molar-refractivity contribution in [3.8, 4) is 5.75 Å². The first-order chi connectivity index (χ1) is 12.3. The van der Waals surface area contributed by atoms with E-state index in [0.29, 0.717) is 19.7 Å². The van der Waals surface area contributed by atoms with Crippen molar-refractivity contribution in [1.29, 1.82) is 0 Å². The molecule has 2 aliphatic heterocycles. The lowest BCUT2D eigenvalue weighted by Crippen LogP contribution is -2.34. The van der Waals surface area contributed by atoms with Crippen LogP contribution in [0, 0.1) is 0 Å². The summed E-state index contributed by atoms with van der Waals surface area (Å²) in [4.78, 5) is 11.1. The number of aliphatic hydroxyl groups is 1. The Labute approximate surface area is 147 Å². The summed E-state index contributed by atoms with van der Waals surface area (Å²) in [7, 11) is 0. The number of para-hydroxylation sites is 1. The summed E-state index contributed by atoms with van der Waals surface area (Å²) >= 11 is 0. The van der Waals surface area contributed by atoms with Crippen molar-refractivity contribution in [2.75, 3.05) is 31.5 Å². The molecule has 4 rings (SSSR count). The van der Waals surface area contributed by atoms with Crippen LogP contribution < -0.4 is 10.1 Å². The van der Waals surface area contributed by atoms with Gasteiger partial charge in [-0.3, -0.25) is 0 Å². The Bertz CT molecular complexity index is 731. The van der Waals surface area contributed by atoms with Gasteiger partial charge in [0.05, 0.1) is 11.8 Å². The summed E-state index contributed by atoms with van der Waals surface area (Å²) in [5.74, 6) is 1.70. The molecule has 0 spiro atoms. The number of likely N-dealkylation sites (tertiary alicyclic amines) is 1. The Hall–Kier alpha value is -2.18. The van der Waals surface area contributed by atoms with Crippen LogP contribution in [0.1, 0.15) is 29.7 Å². The first-order valence-electron chi connectivity index (χ1n) is 8.97. The summed E-state index contributed by atoms with van der Waals surface area (Å²) in [6.45, 7) is 3.83. The van der Waals surface area contributed by atoms with Gasteiger partial charge in [0.15, 0.2) is 0 Å². The maximum Gasteiger partial charge on any atom is 0.133 e. The lowest BCUT2D eigenvalue weighted by molar-refractivity contribution is 0.135. The van der Waals surface area contributed by atoms with Crippen molar-refractivity contribution in [2.45, 2.75) is 32.0 Å². The van der Waals surface area contributed by atoms with E-state index in [2.05, 4.69) is 26.3 Å². The number of nitrogens with one attached hydrogen (secondary N) is 1. The summed E-state index contributed by atoms with van der Waals surface area (Å²) in [6.07, 6.45) is 4.36. The van der Waals surface area contributed by atoms with Gasteiger partial charge in [0.25, 0.3) is 0 Å². The lowest BCUT2D eigenvalue weighted by Gasteiger charge is -2.20. The number of benzene rings is 1. The van der Waals surface area contributed by atoms with E-state index in [0.717, 1.165) is 47.9 Å². The first-order valence-corrected chi connectivity index (χ1v) is 8.97. The van der Waals surface area contributed by atoms with Crippen LogP contribution in [0.5, 0.6) is 5.75 Å². The van der Waals surface area contributed by atoms with Gasteiger partial charge in [-0.15, -0.1) is 0 Å². The number of aromatic nitrogens is 2. The minimum absolute atomic E-state index is 0.405. The highest BCUT2D eigenvalue weighted by molar-refractivity contribution is 5.51. The normalized spacial score (nSPS) is 18.0. The van der Waals surface area contributed by atoms with E-state index in [-0.39, 0.29) is 0 Å². The molecule has 1 saturated heterocycles. The molecular weight excluding hydrogens is 316 g/mol. The number of rotatable bonds is 5. The molecule has 0 saturated carbocycles. The van der Waals surface area contributed by atoms with Gasteiger partial charge in [0.2, 0.25) is 0 Å².